The van der Waals surface area contributed by atoms with Crippen LogP contribution in [0.5, 0.6) is 0 Å². The minimum Gasteiger partial charge on any atom is -0.379 e. The van der Waals surface area contributed by atoms with Crippen molar-refractivity contribution in [3.05, 3.63) is 35.9 Å². The molecule has 1 saturated carbocycles. The Bertz CT molecular complexity index is 282. The first-order valence-corrected chi connectivity index (χ1v) is 5.74. The monoisotopic (exact) mass is 205 g/mol. The minimum atomic E-state index is 0.0189. The summed E-state index contributed by atoms with van der Waals surface area (Å²) >= 11 is 0. The molecular formula is C13H19NO. The van der Waals surface area contributed by atoms with Crippen molar-refractivity contribution in [2.24, 2.45) is 11.7 Å². The van der Waals surface area contributed by atoms with E-state index in [9.17, 15) is 0 Å². The summed E-state index contributed by atoms with van der Waals surface area (Å²) in [5, 5.41) is 0. The van der Waals surface area contributed by atoms with Crippen LogP contribution < -0.4 is 5.73 Å². The summed E-state index contributed by atoms with van der Waals surface area (Å²) in [6.07, 6.45) is 4.00. The molecule has 1 unspecified atom stereocenters. The van der Waals surface area contributed by atoms with Crippen LogP contribution >= 0.6 is 0 Å². The minimum absolute atomic E-state index is 0.0189. The lowest BCUT2D eigenvalue weighted by Crippen LogP contribution is -2.17. The Morgan fingerprint density at radius 3 is 2.67 bits per heavy atom. The molecular weight excluding hydrogens is 186 g/mol. The highest BCUT2D eigenvalue weighted by Gasteiger charge is 2.20. The van der Waals surface area contributed by atoms with Gasteiger partial charge in [-0.2, -0.15) is 0 Å². The molecule has 0 aliphatic heterocycles. The van der Waals surface area contributed by atoms with E-state index in [4.69, 9.17) is 10.5 Å². The quantitative estimate of drug-likeness (QED) is 0.724. The summed E-state index contributed by atoms with van der Waals surface area (Å²) < 4.78 is 5.58. The zero-order chi connectivity index (χ0) is 10.5. The molecule has 2 heteroatoms. The van der Waals surface area contributed by atoms with E-state index in [-0.39, 0.29) is 6.04 Å². The van der Waals surface area contributed by atoms with Crippen molar-refractivity contribution in [1.82, 2.24) is 0 Å². The molecule has 2 rings (SSSR count). The SMILES string of the molecule is NC(COCCC1CC1)c1ccccc1. The molecule has 0 aromatic heterocycles. The second-order valence-electron chi connectivity index (χ2n) is 4.32. The molecule has 1 aliphatic rings. The van der Waals surface area contributed by atoms with Gasteiger partial charge in [0.1, 0.15) is 0 Å². The lowest BCUT2D eigenvalue weighted by Gasteiger charge is -2.12. The fourth-order valence-electron chi connectivity index (χ4n) is 1.66. The van der Waals surface area contributed by atoms with E-state index in [0.717, 1.165) is 18.1 Å². The predicted octanol–water partition coefficient (Wildman–Crippen LogP) is 2.50. The normalized spacial score (nSPS) is 17.7. The Balaban J connectivity index is 1.65. The van der Waals surface area contributed by atoms with Gasteiger partial charge in [-0.3, -0.25) is 0 Å². The second kappa shape index (κ2) is 5.29. The van der Waals surface area contributed by atoms with Gasteiger partial charge in [0.25, 0.3) is 0 Å². The van der Waals surface area contributed by atoms with Crippen molar-refractivity contribution < 1.29 is 4.74 Å². The summed E-state index contributed by atoms with van der Waals surface area (Å²) in [4.78, 5) is 0. The van der Waals surface area contributed by atoms with Gasteiger partial charge >= 0.3 is 0 Å². The molecule has 0 radical (unpaired) electrons. The van der Waals surface area contributed by atoms with E-state index in [1.165, 1.54) is 19.3 Å². The van der Waals surface area contributed by atoms with E-state index in [0.29, 0.717) is 6.61 Å². The lowest BCUT2D eigenvalue weighted by molar-refractivity contribution is 0.115. The maximum Gasteiger partial charge on any atom is 0.0659 e. The topological polar surface area (TPSA) is 35.2 Å². The maximum atomic E-state index is 6.00. The highest BCUT2D eigenvalue weighted by atomic mass is 16.5. The van der Waals surface area contributed by atoms with Crippen LogP contribution in [0.25, 0.3) is 0 Å². The summed E-state index contributed by atoms with van der Waals surface area (Å²) in [7, 11) is 0. The molecule has 2 nitrogen and oxygen atoms in total. The standard InChI is InChI=1S/C13H19NO/c14-13(12-4-2-1-3-5-12)10-15-9-8-11-6-7-11/h1-5,11,13H,6-10,14H2. The predicted molar refractivity (Wildman–Crippen MR) is 61.5 cm³/mol. The van der Waals surface area contributed by atoms with Crippen molar-refractivity contribution in [2.45, 2.75) is 25.3 Å². The third kappa shape index (κ3) is 3.65. The Hall–Kier alpha value is -0.860. The van der Waals surface area contributed by atoms with Gasteiger partial charge in [-0.1, -0.05) is 43.2 Å². The number of benzene rings is 1. The number of rotatable bonds is 6. The second-order valence-corrected chi connectivity index (χ2v) is 4.32. The van der Waals surface area contributed by atoms with Crippen LogP contribution in [0.3, 0.4) is 0 Å². The summed E-state index contributed by atoms with van der Waals surface area (Å²) in [6.45, 7) is 1.50. The molecule has 1 aromatic carbocycles. The molecule has 2 N–H and O–H groups in total. The average Bonchev–Trinajstić information content (AvgIpc) is 3.09. The van der Waals surface area contributed by atoms with E-state index in [1.807, 2.05) is 18.2 Å². The zero-order valence-corrected chi connectivity index (χ0v) is 9.06. The van der Waals surface area contributed by atoms with Gasteiger partial charge in [-0.25, -0.2) is 0 Å². The molecule has 1 fully saturated rings. The van der Waals surface area contributed by atoms with Gasteiger partial charge in [-0.15, -0.1) is 0 Å². The van der Waals surface area contributed by atoms with Gasteiger partial charge in [0.05, 0.1) is 12.6 Å². The molecule has 82 valence electrons. The first kappa shape index (κ1) is 10.7. The first-order valence-electron chi connectivity index (χ1n) is 5.74. The van der Waals surface area contributed by atoms with Crippen LogP contribution in [-0.4, -0.2) is 13.2 Å². The molecule has 1 atom stereocenters. The number of nitrogens with two attached hydrogens (primary N) is 1. The van der Waals surface area contributed by atoms with Gasteiger partial charge in [-0.05, 0) is 17.9 Å². The van der Waals surface area contributed by atoms with Gasteiger partial charge in [0.15, 0.2) is 0 Å². The molecule has 1 aliphatic carbocycles. The van der Waals surface area contributed by atoms with Crippen LogP contribution in [-0.2, 0) is 4.74 Å². The Morgan fingerprint density at radius 1 is 1.27 bits per heavy atom. The fraction of sp³-hybridized carbons (Fsp3) is 0.538. The Kier molecular flexibility index (Phi) is 3.75. The molecule has 0 heterocycles. The Labute approximate surface area is 91.4 Å². The van der Waals surface area contributed by atoms with Crippen molar-refractivity contribution >= 4 is 0 Å². The molecule has 0 spiro atoms. The third-order valence-electron chi connectivity index (χ3n) is 2.89. The zero-order valence-electron chi connectivity index (χ0n) is 9.06. The lowest BCUT2D eigenvalue weighted by atomic mass is 10.1. The molecule has 15 heavy (non-hydrogen) atoms. The summed E-state index contributed by atoms with van der Waals surface area (Å²) in [5.74, 6) is 0.943. The van der Waals surface area contributed by atoms with Crippen molar-refractivity contribution in [2.75, 3.05) is 13.2 Å². The van der Waals surface area contributed by atoms with Crippen LogP contribution in [0, 0.1) is 5.92 Å². The van der Waals surface area contributed by atoms with Crippen molar-refractivity contribution in [3.8, 4) is 0 Å². The number of ether oxygens (including phenoxy) is 1. The summed E-state index contributed by atoms with van der Waals surface area (Å²) in [6, 6.07) is 10.2. The highest BCUT2D eigenvalue weighted by Crippen LogP contribution is 2.32. The van der Waals surface area contributed by atoms with Crippen LogP contribution in [0.15, 0.2) is 30.3 Å². The van der Waals surface area contributed by atoms with Gasteiger partial charge in [0.2, 0.25) is 0 Å². The first-order chi connectivity index (χ1) is 7.36. The largest absolute Gasteiger partial charge is 0.379 e. The van der Waals surface area contributed by atoms with Crippen molar-refractivity contribution in [3.63, 3.8) is 0 Å². The van der Waals surface area contributed by atoms with Crippen LogP contribution in [0.1, 0.15) is 30.9 Å². The Morgan fingerprint density at radius 2 is 2.00 bits per heavy atom. The fourth-order valence-corrected chi connectivity index (χ4v) is 1.66. The summed E-state index contributed by atoms with van der Waals surface area (Å²) in [5.41, 5.74) is 7.16. The van der Waals surface area contributed by atoms with Crippen LogP contribution in [0.4, 0.5) is 0 Å². The van der Waals surface area contributed by atoms with Crippen molar-refractivity contribution in [1.29, 1.82) is 0 Å². The molecule has 0 amide bonds. The molecule has 0 bridgehead atoms. The van der Waals surface area contributed by atoms with E-state index >= 15 is 0 Å². The average molecular weight is 205 g/mol. The van der Waals surface area contributed by atoms with E-state index in [1.54, 1.807) is 0 Å². The molecule has 0 saturated heterocycles. The third-order valence-corrected chi connectivity index (χ3v) is 2.89. The van der Waals surface area contributed by atoms with Crippen LogP contribution in [0.2, 0.25) is 0 Å². The highest BCUT2D eigenvalue weighted by molar-refractivity contribution is 5.18. The molecule has 1 aromatic rings. The van der Waals surface area contributed by atoms with E-state index < -0.39 is 0 Å². The maximum absolute atomic E-state index is 6.00. The number of hydrogen-bond acceptors (Lipinski definition) is 2. The smallest absolute Gasteiger partial charge is 0.0659 e. The van der Waals surface area contributed by atoms with E-state index in [2.05, 4.69) is 12.1 Å². The van der Waals surface area contributed by atoms with Gasteiger partial charge < -0.3 is 10.5 Å². The van der Waals surface area contributed by atoms with Gasteiger partial charge in [0, 0.05) is 6.61 Å². The number of hydrogen-bond donors (Lipinski definition) is 1.